The maximum atomic E-state index is 11.1. The summed E-state index contributed by atoms with van der Waals surface area (Å²) in [5.74, 6) is -1.14. The lowest BCUT2D eigenvalue weighted by atomic mass is 10.1. The van der Waals surface area contributed by atoms with Gasteiger partial charge in [-0.15, -0.1) is 0 Å². The number of carbonyl (C=O) groups is 1. The molecule has 1 aliphatic carbocycles. The Bertz CT molecular complexity index is 482. The molecule has 6 heteroatoms. The summed E-state index contributed by atoms with van der Waals surface area (Å²) in [6, 6.07) is 4.30. The first kappa shape index (κ1) is 11.4. The molecule has 1 fully saturated rings. The quantitative estimate of drug-likeness (QED) is 0.637. The molecule has 0 atom stereocenters. The third-order valence-corrected chi connectivity index (χ3v) is 2.90. The summed E-state index contributed by atoms with van der Waals surface area (Å²) in [7, 11) is 1.81. The van der Waals surface area contributed by atoms with E-state index in [1.54, 1.807) is 0 Å². The van der Waals surface area contributed by atoms with Crippen LogP contribution < -0.4 is 4.90 Å². The van der Waals surface area contributed by atoms with Gasteiger partial charge in [-0.25, -0.2) is 4.79 Å². The third kappa shape index (κ3) is 2.20. The zero-order valence-corrected chi connectivity index (χ0v) is 9.29. The zero-order chi connectivity index (χ0) is 12.6. The first-order valence-electron chi connectivity index (χ1n) is 5.25. The van der Waals surface area contributed by atoms with Crippen molar-refractivity contribution in [2.24, 2.45) is 0 Å². The summed E-state index contributed by atoms with van der Waals surface area (Å²) in [4.78, 5) is 23.0. The molecule has 90 valence electrons. The number of nitrogens with zero attached hydrogens (tertiary/aromatic N) is 2. The minimum Gasteiger partial charge on any atom is -0.478 e. The van der Waals surface area contributed by atoms with Crippen LogP contribution in [0.4, 0.5) is 11.4 Å². The van der Waals surface area contributed by atoms with Gasteiger partial charge in [0.05, 0.1) is 16.2 Å². The number of benzene rings is 1. The van der Waals surface area contributed by atoms with Crippen molar-refractivity contribution in [3.8, 4) is 0 Å². The average Bonchev–Trinajstić information content (AvgIpc) is 3.10. The minimum absolute atomic E-state index is 0.0198. The number of hydrogen-bond donors (Lipinski definition) is 1. The number of anilines is 1. The van der Waals surface area contributed by atoms with Crippen LogP contribution in [0.2, 0.25) is 0 Å². The van der Waals surface area contributed by atoms with Crippen LogP contribution in [0.1, 0.15) is 23.2 Å². The monoisotopic (exact) mass is 236 g/mol. The van der Waals surface area contributed by atoms with Crippen LogP contribution in [0.5, 0.6) is 0 Å². The van der Waals surface area contributed by atoms with Crippen LogP contribution in [-0.2, 0) is 0 Å². The number of carboxylic acids is 1. The van der Waals surface area contributed by atoms with E-state index in [1.807, 2.05) is 11.9 Å². The molecule has 0 aromatic heterocycles. The van der Waals surface area contributed by atoms with Crippen molar-refractivity contribution in [1.82, 2.24) is 0 Å². The van der Waals surface area contributed by atoms with Crippen LogP contribution in [0.15, 0.2) is 18.2 Å². The summed E-state index contributed by atoms with van der Waals surface area (Å²) in [6.07, 6.45) is 2.07. The van der Waals surface area contributed by atoms with E-state index in [9.17, 15) is 14.9 Å². The molecule has 0 aliphatic heterocycles. The van der Waals surface area contributed by atoms with E-state index in [0.29, 0.717) is 11.7 Å². The molecule has 1 aromatic carbocycles. The Hall–Kier alpha value is -2.11. The lowest BCUT2D eigenvalue weighted by Crippen LogP contribution is -2.22. The van der Waals surface area contributed by atoms with E-state index < -0.39 is 10.9 Å². The highest BCUT2D eigenvalue weighted by atomic mass is 16.6. The Morgan fingerprint density at radius 2 is 2.18 bits per heavy atom. The molecule has 1 aliphatic rings. The number of nitro groups is 1. The summed E-state index contributed by atoms with van der Waals surface area (Å²) >= 11 is 0. The van der Waals surface area contributed by atoms with Crippen molar-refractivity contribution in [3.05, 3.63) is 33.9 Å². The van der Waals surface area contributed by atoms with Crippen LogP contribution in [0.25, 0.3) is 0 Å². The fraction of sp³-hybridized carbons (Fsp3) is 0.364. The Morgan fingerprint density at radius 1 is 1.53 bits per heavy atom. The smallest absolute Gasteiger partial charge is 0.338 e. The van der Waals surface area contributed by atoms with E-state index in [2.05, 4.69) is 0 Å². The maximum absolute atomic E-state index is 11.1. The van der Waals surface area contributed by atoms with Gasteiger partial charge in [0.1, 0.15) is 0 Å². The lowest BCUT2D eigenvalue weighted by Gasteiger charge is -2.20. The topological polar surface area (TPSA) is 83.7 Å². The molecule has 0 heterocycles. The first-order chi connectivity index (χ1) is 8.00. The van der Waals surface area contributed by atoms with E-state index in [0.717, 1.165) is 18.9 Å². The highest BCUT2D eigenvalue weighted by Crippen LogP contribution is 2.33. The molecule has 17 heavy (non-hydrogen) atoms. The van der Waals surface area contributed by atoms with E-state index in [1.165, 1.54) is 12.1 Å². The molecule has 0 bridgehead atoms. The van der Waals surface area contributed by atoms with E-state index >= 15 is 0 Å². The Labute approximate surface area is 97.6 Å². The number of nitro benzene ring substituents is 1. The number of rotatable bonds is 4. The van der Waals surface area contributed by atoms with Crippen LogP contribution >= 0.6 is 0 Å². The van der Waals surface area contributed by atoms with Crippen molar-refractivity contribution in [3.63, 3.8) is 0 Å². The SMILES string of the molecule is CN(c1ccc([N+](=O)[O-])cc1C(=O)O)C1CC1. The summed E-state index contributed by atoms with van der Waals surface area (Å²) < 4.78 is 0. The van der Waals surface area contributed by atoms with Gasteiger partial charge in [0.15, 0.2) is 0 Å². The number of carboxylic acid groups (broad SMARTS) is 1. The second kappa shape index (κ2) is 4.04. The molecule has 6 nitrogen and oxygen atoms in total. The standard InChI is InChI=1S/C11H12N2O4/c1-12(7-2-3-7)10-5-4-8(13(16)17)6-9(10)11(14)15/h4-7H,2-3H2,1H3,(H,14,15). The zero-order valence-electron chi connectivity index (χ0n) is 9.29. The molecule has 0 unspecified atom stereocenters. The predicted octanol–water partition coefficient (Wildman–Crippen LogP) is 1.89. The van der Waals surface area contributed by atoms with Crippen molar-refractivity contribution in [2.75, 3.05) is 11.9 Å². The van der Waals surface area contributed by atoms with Gasteiger partial charge in [-0.3, -0.25) is 10.1 Å². The van der Waals surface area contributed by atoms with Gasteiger partial charge in [-0.05, 0) is 18.9 Å². The molecule has 1 saturated carbocycles. The second-order valence-corrected chi connectivity index (χ2v) is 4.11. The van der Waals surface area contributed by atoms with Crippen LogP contribution in [0.3, 0.4) is 0 Å². The van der Waals surface area contributed by atoms with Gasteiger partial charge in [-0.1, -0.05) is 0 Å². The molecular formula is C11H12N2O4. The largest absolute Gasteiger partial charge is 0.478 e. The Morgan fingerprint density at radius 3 is 2.65 bits per heavy atom. The number of hydrogen-bond acceptors (Lipinski definition) is 4. The second-order valence-electron chi connectivity index (χ2n) is 4.11. The molecule has 1 aromatic rings. The van der Waals surface area contributed by atoms with Gasteiger partial charge >= 0.3 is 5.97 Å². The van der Waals surface area contributed by atoms with Gasteiger partial charge in [0, 0.05) is 25.2 Å². The third-order valence-electron chi connectivity index (χ3n) is 2.90. The minimum atomic E-state index is -1.14. The lowest BCUT2D eigenvalue weighted by molar-refractivity contribution is -0.384. The maximum Gasteiger partial charge on any atom is 0.338 e. The fourth-order valence-corrected chi connectivity index (χ4v) is 1.77. The number of aromatic carboxylic acids is 1. The van der Waals surface area contributed by atoms with Crippen LogP contribution in [0, 0.1) is 10.1 Å². The predicted molar refractivity (Wildman–Crippen MR) is 61.5 cm³/mol. The highest BCUT2D eigenvalue weighted by Gasteiger charge is 2.29. The van der Waals surface area contributed by atoms with E-state index in [-0.39, 0.29) is 11.3 Å². The molecule has 0 amide bonds. The molecule has 0 radical (unpaired) electrons. The highest BCUT2D eigenvalue weighted by molar-refractivity contribution is 5.95. The molecule has 0 spiro atoms. The molecule has 0 saturated heterocycles. The Kier molecular flexibility index (Phi) is 2.71. The first-order valence-corrected chi connectivity index (χ1v) is 5.25. The normalized spacial score (nSPS) is 14.4. The van der Waals surface area contributed by atoms with Crippen molar-refractivity contribution in [1.29, 1.82) is 0 Å². The summed E-state index contributed by atoms with van der Waals surface area (Å²) in [6.45, 7) is 0. The van der Waals surface area contributed by atoms with Crippen molar-refractivity contribution in [2.45, 2.75) is 18.9 Å². The average molecular weight is 236 g/mol. The Balaban J connectivity index is 2.43. The molecule has 2 rings (SSSR count). The van der Waals surface area contributed by atoms with E-state index in [4.69, 9.17) is 5.11 Å². The van der Waals surface area contributed by atoms with Gasteiger partial charge in [-0.2, -0.15) is 0 Å². The van der Waals surface area contributed by atoms with Gasteiger partial charge < -0.3 is 10.0 Å². The fourth-order valence-electron chi connectivity index (χ4n) is 1.77. The van der Waals surface area contributed by atoms with Crippen molar-refractivity contribution >= 4 is 17.3 Å². The summed E-state index contributed by atoms with van der Waals surface area (Å²) in [5.41, 5.74) is 0.314. The summed E-state index contributed by atoms with van der Waals surface area (Å²) in [5, 5.41) is 19.7. The van der Waals surface area contributed by atoms with Gasteiger partial charge in [0.25, 0.3) is 5.69 Å². The van der Waals surface area contributed by atoms with Crippen molar-refractivity contribution < 1.29 is 14.8 Å². The van der Waals surface area contributed by atoms with Gasteiger partial charge in [0.2, 0.25) is 0 Å². The van der Waals surface area contributed by atoms with Crippen LogP contribution in [-0.4, -0.2) is 29.1 Å². The molecular weight excluding hydrogens is 224 g/mol. The number of non-ortho nitro benzene ring substituents is 1. The molecule has 1 N–H and O–H groups in total.